The van der Waals surface area contributed by atoms with Crippen LogP contribution in [0.4, 0.5) is 0 Å². The number of sulfonamides is 1. The lowest BCUT2D eigenvalue weighted by Crippen LogP contribution is -2.46. The third kappa shape index (κ3) is 2.87. The highest BCUT2D eigenvalue weighted by molar-refractivity contribution is 7.88. The van der Waals surface area contributed by atoms with E-state index in [1.165, 1.54) is 10.6 Å². The fourth-order valence-electron chi connectivity index (χ4n) is 3.18. The van der Waals surface area contributed by atoms with Gasteiger partial charge in [-0.3, -0.25) is 4.79 Å². The molecular formula is C13H21N5O3S. The van der Waals surface area contributed by atoms with Crippen molar-refractivity contribution in [3.8, 4) is 0 Å². The van der Waals surface area contributed by atoms with Gasteiger partial charge >= 0.3 is 0 Å². The van der Waals surface area contributed by atoms with E-state index in [0.717, 1.165) is 18.2 Å². The number of piperidine rings is 1. The molecule has 22 heavy (non-hydrogen) atoms. The van der Waals surface area contributed by atoms with Crippen molar-refractivity contribution < 1.29 is 13.2 Å². The summed E-state index contributed by atoms with van der Waals surface area (Å²) < 4.78 is 26.5. The molecule has 0 unspecified atom stereocenters. The lowest BCUT2D eigenvalue weighted by Gasteiger charge is -2.34. The molecule has 3 rings (SSSR count). The number of hydrogen-bond donors (Lipinski definition) is 0. The number of rotatable bonds is 2. The van der Waals surface area contributed by atoms with Crippen LogP contribution in [0.25, 0.3) is 0 Å². The Morgan fingerprint density at radius 2 is 1.82 bits per heavy atom. The van der Waals surface area contributed by atoms with Gasteiger partial charge in [-0.05, 0) is 19.8 Å². The molecule has 2 aliphatic rings. The van der Waals surface area contributed by atoms with Gasteiger partial charge in [-0.15, -0.1) is 10.2 Å². The normalized spacial score (nSPS) is 20.9. The van der Waals surface area contributed by atoms with Crippen molar-refractivity contribution in [2.24, 2.45) is 5.92 Å². The van der Waals surface area contributed by atoms with Gasteiger partial charge in [-0.1, -0.05) is 0 Å². The molecule has 2 aliphatic heterocycles. The molecule has 8 nitrogen and oxygen atoms in total. The van der Waals surface area contributed by atoms with E-state index in [1.54, 1.807) is 0 Å². The van der Waals surface area contributed by atoms with Gasteiger partial charge in [-0.25, -0.2) is 12.7 Å². The Morgan fingerprint density at radius 3 is 2.45 bits per heavy atom. The molecule has 0 aromatic carbocycles. The molecule has 0 bridgehead atoms. The summed E-state index contributed by atoms with van der Waals surface area (Å²) in [6.07, 6.45) is 2.40. The van der Waals surface area contributed by atoms with Gasteiger partial charge in [0.2, 0.25) is 15.9 Å². The second-order valence-electron chi connectivity index (χ2n) is 6.01. The molecule has 0 N–H and O–H groups in total. The summed E-state index contributed by atoms with van der Waals surface area (Å²) in [5.74, 6) is 1.72. The minimum atomic E-state index is -3.15. The Labute approximate surface area is 130 Å². The van der Waals surface area contributed by atoms with E-state index in [9.17, 15) is 13.2 Å². The van der Waals surface area contributed by atoms with Crippen LogP contribution in [0.15, 0.2) is 0 Å². The van der Waals surface area contributed by atoms with Gasteiger partial charge in [0, 0.05) is 32.1 Å². The van der Waals surface area contributed by atoms with Gasteiger partial charge in [0.25, 0.3) is 0 Å². The Morgan fingerprint density at radius 1 is 1.14 bits per heavy atom. The quantitative estimate of drug-likeness (QED) is 0.737. The van der Waals surface area contributed by atoms with E-state index in [-0.39, 0.29) is 11.8 Å². The van der Waals surface area contributed by atoms with Crippen LogP contribution in [0.1, 0.15) is 24.5 Å². The predicted octanol–water partition coefficient (Wildman–Crippen LogP) is -0.400. The highest BCUT2D eigenvalue weighted by Crippen LogP contribution is 2.23. The Balaban J connectivity index is 1.62. The summed E-state index contributed by atoms with van der Waals surface area (Å²) in [6, 6.07) is 0. The number of fused-ring (bicyclic) bond motifs is 1. The highest BCUT2D eigenvalue weighted by atomic mass is 32.2. The smallest absolute Gasteiger partial charge is 0.226 e. The number of carbonyl (C=O) groups is 1. The van der Waals surface area contributed by atoms with Gasteiger partial charge in [-0.2, -0.15) is 0 Å². The maximum absolute atomic E-state index is 12.6. The van der Waals surface area contributed by atoms with Crippen molar-refractivity contribution in [1.29, 1.82) is 0 Å². The molecular weight excluding hydrogens is 306 g/mol. The summed E-state index contributed by atoms with van der Waals surface area (Å²) in [5.41, 5.74) is 0. The van der Waals surface area contributed by atoms with Crippen molar-refractivity contribution in [3.05, 3.63) is 11.6 Å². The van der Waals surface area contributed by atoms with Crippen LogP contribution >= 0.6 is 0 Å². The molecule has 0 radical (unpaired) electrons. The van der Waals surface area contributed by atoms with Crippen LogP contribution in [0, 0.1) is 12.8 Å². The summed E-state index contributed by atoms with van der Waals surface area (Å²) in [7, 11) is -3.15. The lowest BCUT2D eigenvalue weighted by atomic mass is 9.96. The van der Waals surface area contributed by atoms with Gasteiger partial charge in [0.05, 0.1) is 12.8 Å². The van der Waals surface area contributed by atoms with E-state index >= 15 is 0 Å². The van der Waals surface area contributed by atoms with E-state index < -0.39 is 10.0 Å². The molecule has 1 fully saturated rings. The Hall–Kier alpha value is -1.48. The average molecular weight is 327 g/mol. The van der Waals surface area contributed by atoms with Crippen molar-refractivity contribution in [2.45, 2.75) is 32.9 Å². The number of carbonyl (C=O) groups excluding carboxylic acids is 1. The van der Waals surface area contributed by atoms with Crippen LogP contribution in [0.5, 0.6) is 0 Å². The van der Waals surface area contributed by atoms with Crippen LogP contribution in [-0.4, -0.2) is 64.2 Å². The molecule has 122 valence electrons. The van der Waals surface area contributed by atoms with Gasteiger partial charge in [0.1, 0.15) is 5.82 Å². The zero-order valence-corrected chi connectivity index (χ0v) is 13.7. The SMILES string of the molecule is Cc1nnc2n1CCN(C(=O)C1CCN(S(C)(=O)=O)CC1)C2. The summed E-state index contributed by atoms with van der Waals surface area (Å²) >= 11 is 0. The fraction of sp³-hybridized carbons (Fsp3) is 0.769. The second-order valence-corrected chi connectivity index (χ2v) is 7.99. The fourth-order valence-corrected chi connectivity index (χ4v) is 4.06. The zero-order chi connectivity index (χ0) is 15.9. The van der Waals surface area contributed by atoms with Crippen LogP contribution in [0.3, 0.4) is 0 Å². The molecule has 1 saturated heterocycles. The van der Waals surface area contributed by atoms with Crippen molar-refractivity contribution in [2.75, 3.05) is 25.9 Å². The molecule has 0 aliphatic carbocycles. The Bertz CT molecular complexity index is 676. The minimum Gasteiger partial charge on any atom is -0.333 e. The first-order valence-electron chi connectivity index (χ1n) is 7.49. The summed E-state index contributed by atoms with van der Waals surface area (Å²) in [5, 5.41) is 8.15. The standard InChI is InChI=1S/C13H21N5O3S/c1-10-14-15-12-9-16(7-8-18(10)12)13(19)11-3-5-17(6-4-11)22(2,20)21/h11H,3-9H2,1-2H3. The number of aryl methyl sites for hydroxylation is 1. The van der Waals surface area contributed by atoms with E-state index in [1.807, 2.05) is 16.4 Å². The monoisotopic (exact) mass is 327 g/mol. The highest BCUT2D eigenvalue weighted by Gasteiger charge is 2.33. The summed E-state index contributed by atoms with van der Waals surface area (Å²) in [6.45, 7) is 4.65. The third-order valence-electron chi connectivity index (χ3n) is 4.52. The number of hydrogen-bond acceptors (Lipinski definition) is 5. The third-order valence-corrected chi connectivity index (χ3v) is 5.83. The number of aromatic nitrogens is 3. The first kappa shape index (κ1) is 15.4. The van der Waals surface area contributed by atoms with E-state index in [0.29, 0.717) is 39.0 Å². The molecule has 1 aromatic heterocycles. The van der Waals surface area contributed by atoms with Crippen LogP contribution in [-0.2, 0) is 27.9 Å². The minimum absolute atomic E-state index is 0.0893. The second kappa shape index (κ2) is 5.62. The molecule has 1 amide bonds. The van der Waals surface area contributed by atoms with Crippen molar-refractivity contribution >= 4 is 15.9 Å². The molecule has 9 heteroatoms. The number of nitrogens with zero attached hydrogens (tertiary/aromatic N) is 5. The van der Waals surface area contributed by atoms with Gasteiger partial charge < -0.3 is 9.47 Å². The predicted molar refractivity (Wildman–Crippen MR) is 79.3 cm³/mol. The average Bonchev–Trinajstić information content (AvgIpc) is 2.87. The Kier molecular flexibility index (Phi) is 3.94. The summed E-state index contributed by atoms with van der Waals surface area (Å²) in [4.78, 5) is 14.5. The van der Waals surface area contributed by atoms with Crippen LogP contribution in [0.2, 0.25) is 0 Å². The van der Waals surface area contributed by atoms with E-state index in [2.05, 4.69) is 10.2 Å². The first-order valence-corrected chi connectivity index (χ1v) is 9.33. The molecule has 0 saturated carbocycles. The van der Waals surface area contributed by atoms with Crippen molar-refractivity contribution in [3.63, 3.8) is 0 Å². The maximum atomic E-state index is 12.6. The molecule has 1 aromatic rings. The molecule has 0 spiro atoms. The lowest BCUT2D eigenvalue weighted by molar-refractivity contribution is -0.138. The maximum Gasteiger partial charge on any atom is 0.226 e. The van der Waals surface area contributed by atoms with Crippen molar-refractivity contribution in [1.82, 2.24) is 24.0 Å². The van der Waals surface area contributed by atoms with E-state index in [4.69, 9.17) is 0 Å². The topological polar surface area (TPSA) is 88.4 Å². The molecule has 0 atom stereocenters. The number of amides is 1. The van der Waals surface area contributed by atoms with Crippen LogP contribution < -0.4 is 0 Å². The first-order chi connectivity index (χ1) is 10.4. The molecule has 3 heterocycles. The zero-order valence-electron chi connectivity index (χ0n) is 12.9. The largest absolute Gasteiger partial charge is 0.333 e. The van der Waals surface area contributed by atoms with Gasteiger partial charge in [0.15, 0.2) is 5.82 Å².